The Kier molecular flexibility index (Phi) is 4.12. The molecule has 1 aliphatic rings. The highest BCUT2D eigenvalue weighted by atomic mass is 19.1. The maximum Gasteiger partial charge on any atom is 0.178 e. The molecule has 1 aromatic rings. The first kappa shape index (κ1) is 12.8. The molecule has 3 nitrogen and oxygen atoms in total. The number of hydrogen-bond donors (Lipinski definition) is 0. The van der Waals surface area contributed by atoms with Crippen LogP contribution >= 0.6 is 0 Å². The zero-order valence-electron chi connectivity index (χ0n) is 8.87. The molecule has 0 fully saturated rings. The van der Waals surface area contributed by atoms with E-state index in [0.29, 0.717) is 18.9 Å². The van der Waals surface area contributed by atoms with Gasteiger partial charge in [0, 0.05) is 14.2 Å². The summed E-state index contributed by atoms with van der Waals surface area (Å²) < 4.78 is 24.0. The lowest BCUT2D eigenvalue weighted by Gasteiger charge is -2.33. The van der Waals surface area contributed by atoms with Crippen molar-refractivity contribution in [1.82, 2.24) is 0 Å². The number of ether oxygens (including phenoxy) is 2. The summed E-state index contributed by atoms with van der Waals surface area (Å²) in [6, 6.07) is 4.94. The fraction of sp³-hybridized carbons (Fsp3) is 0.500. The van der Waals surface area contributed by atoms with Crippen LogP contribution in [0.1, 0.15) is 7.43 Å². The maximum atomic E-state index is 13.5. The zero-order valence-corrected chi connectivity index (χ0v) is 8.87. The zero-order chi connectivity index (χ0) is 10.8. The molecule has 0 aromatic heterocycles. The summed E-state index contributed by atoms with van der Waals surface area (Å²) in [4.78, 5) is 1.98. The van der Waals surface area contributed by atoms with E-state index in [1.807, 2.05) is 18.0 Å². The van der Waals surface area contributed by atoms with Crippen molar-refractivity contribution in [3.8, 4) is 5.75 Å². The number of methoxy groups -OCH3 is 1. The largest absolute Gasteiger partial charge is 0.481 e. The van der Waals surface area contributed by atoms with Gasteiger partial charge in [0.05, 0.1) is 18.8 Å². The second-order valence-corrected chi connectivity index (χ2v) is 3.66. The topological polar surface area (TPSA) is 21.7 Å². The minimum Gasteiger partial charge on any atom is -0.481 e. The summed E-state index contributed by atoms with van der Waals surface area (Å²) in [6.07, 6.45) is -0.107. The first-order chi connectivity index (χ1) is 7.22. The molecule has 0 N–H and O–H groups in total. The molecule has 0 amide bonds. The molecule has 0 bridgehead atoms. The molecule has 1 aliphatic heterocycles. The molecule has 1 aromatic carbocycles. The van der Waals surface area contributed by atoms with Crippen LogP contribution in [0.5, 0.6) is 5.75 Å². The lowest BCUT2D eigenvalue weighted by molar-refractivity contribution is 0.0771. The molecule has 0 spiro atoms. The van der Waals surface area contributed by atoms with Gasteiger partial charge < -0.3 is 14.4 Å². The van der Waals surface area contributed by atoms with E-state index in [0.717, 1.165) is 5.69 Å². The second kappa shape index (κ2) is 5.16. The van der Waals surface area contributed by atoms with Crippen LogP contribution in [0.3, 0.4) is 0 Å². The van der Waals surface area contributed by atoms with Crippen molar-refractivity contribution in [3.63, 3.8) is 0 Å². The van der Waals surface area contributed by atoms with Crippen molar-refractivity contribution in [2.24, 2.45) is 0 Å². The molecular weight excluding hydrogens is 209 g/mol. The summed E-state index contributed by atoms with van der Waals surface area (Å²) in [7, 11) is 3.53. The first-order valence-corrected chi connectivity index (χ1v) is 4.87. The van der Waals surface area contributed by atoms with E-state index in [1.54, 1.807) is 13.2 Å². The molecule has 4 heteroatoms. The Balaban J connectivity index is 0.00000128. The molecule has 0 saturated heterocycles. The van der Waals surface area contributed by atoms with E-state index in [-0.39, 0.29) is 19.3 Å². The van der Waals surface area contributed by atoms with Gasteiger partial charge in [-0.3, -0.25) is 0 Å². The minimum atomic E-state index is -0.319. The molecule has 0 unspecified atom stereocenters. The number of anilines is 1. The predicted molar refractivity (Wildman–Crippen MR) is 62.7 cm³/mol. The van der Waals surface area contributed by atoms with Crippen molar-refractivity contribution in [2.45, 2.75) is 13.5 Å². The molecule has 1 atom stereocenters. The molecule has 16 heavy (non-hydrogen) atoms. The van der Waals surface area contributed by atoms with Crippen LogP contribution in [-0.2, 0) is 4.74 Å². The van der Waals surface area contributed by atoms with Crippen molar-refractivity contribution in [2.75, 3.05) is 32.2 Å². The minimum absolute atomic E-state index is 0. The smallest absolute Gasteiger partial charge is 0.178 e. The summed E-state index contributed by atoms with van der Waals surface area (Å²) in [6.45, 7) is 1.18. The van der Waals surface area contributed by atoms with Gasteiger partial charge in [0.25, 0.3) is 0 Å². The van der Waals surface area contributed by atoms with E-state index in [1.165, 1.54) is 6.07 Å². The molecule has 2 rings (SSSR count). The average molecular weight is 227 g/mol. The van der Waals surface area contributed by atoms with Crippen LogP contribution in [0.2, 0.25) is 0 Å². The van der Waals surface area contributed by atoms with E-state index < -0.39 is 0 Å². The molecule has 1 heterocycles. The van der Waals surface area contributed by atoms with E-state index in [9.17, 15) is 4.39 Å². The summed E-state index contributed by atoms with van der Waals surface area (Å²) in [5, 5.41) is 0. The highest BCUT2D eigenvalue weighted by Gasteiger charge is 2.25. The van der Waals surface area contributed by atoms with Crippen molar-refractivity contribution >= 4 is 5.69 Å². The van der Waals surface area contributed by atoms with Crippen molar-refractivity contribution in [1.29, 1.82) is 0 Å². The van der Waals surface area contributed by atoms with E-state index >= 15 is 0 Å². The van der Waals surface area contributed by atoms with Gasteiger partial charge >= 0.3 is 0 Å². The van der Waals surface area contributed by atoms with E-state index in [4.69, 9.17) is 9.47 Å². The van der Waals surface area contributed by atoms with Gasteiger partial charge in [0.2, 0.25) is 0 Å². The highest BCUT2D eigenvalue weighted by molar-refractivity contribution is 5.60. The van der Waals surface area contributed by atoms with Crippen LogP contribution in [0.25, 0.3) is 0 Å². The molecule has 0 radical (unpaired) electrons. The second-order valence-electron chi connectivity index (χ2n) is 3.66. The van der Waals surface area contributed by atoms with Crippen molar-refractivity contribution < 1.29 is 13.9 Å². The fourth-order valence-electron chi connectivity index (χ4n) is 1.80. The number of halogens is 1. The van der Waals surface area contributed by atoms with Crippen LogP contribution in [0.4, 0.5) is 10.1 Å². The number of likely N-dealkylation sites (N-methyl/N-ethyl adjacent to an activating group) is 1. The predicted octanol–water partition coefficient (Wildman–Crippen LogP) is 2.31. The third-order valence-corrected chi connectivity index (χ3v) is 2.47. The van der Waals surface area contributed by atoms with Gasteiger partial charge in [-0.05, 0) is 12.1 Å². The van der Waals surface area contributed by atoms with E-state index in [2.05, 4.69) is 0 Å². The highest BCUT2D eigenvalue weighted by Crippen LogP contribution is 2.34. The maximum absolute atomic E-state index is 13.5. The Hall–Kier alpha value is -1.29. The number of hydrogen-bond acceptors (Lipinski definition) is 3. The third kappa shape index (κ3) is 2.27. The Morgan fingerprint density at radius 3 is 3.00 bits per heavy atom. The lowest BCUT2D eigenvalue weighted by atomic mass is 10.2. The number of nitrogens with zero attached hydrogens (tertiary/aromatic N) is 1. The van der Waals surface area contributed by atoms with Gasteiger partial charge in [-0.25, -0.2) is 4.39 Å². The molecule has 0 saturated carbocycles. The van der Waals surface area contributed by atoms with Crippen LogP contribution in [-0.4, -0.2) is 33.4 Å². The number of benzene rings is 1. The van der Waals surface area contributed by atoms with Crippen LogP contribution in [0, 0.1) is 5.82 Å². The van der Waals surface area contributed by atoms with Crippen molar-refractivity contribution in [3.05, 3.63) is 24.0 Å². The quantitative estimate of drug-likeness (QED) is 0.774. The third-order valence-electron chi connectivity index (χ3n) is 2.47. The average Bonchev–Trinajstić information content (AvgIpc) is 2.20. The first-order valence-electron chi connectivity index (χ1n) is 4.87. The SMILES string of the molecule is C.COC[C@H]1CN(C)c2cccc(F)c2O1. The standard InChI is InChI=1S/C11H14FNO2.CH4/c1-13-6-8(7-14-2)15-11-9(12)4-3-5-10(11)13;/h3-5,8H,6-7H2,1-2H3;1H4/t8-;/m1./s1. The van der Waals surface area contributed by atoms with Gasteiger partial charge in [0.1, 0.15) is 6.10 Å². The Labute approximate surface area is 95.8 Å². The van der Waals surface area contributed by atoms with Crippen LogP contribution in [0.15, 0.2) is 18.2 Å². The lowest BCUT2D eigenvalue weighted by Crippen LogP contribution is -2.40. The summed E-state index contributed by atoms with van der Waals surface area (Å²) in [5.74, 6) is 0.00783. The van der Waals surface area contributed by atoms with Gasteiger partial charge in [-0.1, -0.05) is 13.5 Å². The molecular formula is C12H18FNO2. The number of para-hydroxylation sites is 1. The summed E-state index contributed by atoms with van der Waals surface area (Å²) >= 11 is 0. The monoisotopic (exact) mass is 227 g/mol. The number of fused-ring (bicyclic) bond motifs is 1. The molecule has 90 valence electrons. The Bertz CT molecular complexity index is 357. The fourth-order valence-corrected chi connectivity index (χ4v) is 1.80. The Morgan fingerprint density at radius 2 is 2.31 bits per heavy atom. The van der Waals surface area contributed by atoms with Gasteiger partial charge in [-0.2, -0.15) is 0 Å². The molecule has 0 aliphatic carbocycles. The summed E-state index contributed by atoms with van der Waals surface area (Å²) in [5.41, 5.74) is 0.794. The van der Waals surface area contributed by atoms with Crippen LogP contribution < -0.4 is 9.64 Å². The van der Waals surface area contributed by atoms with Gasteiger partial charge in [0.15, 0.2) is 11.6 Å². The van der Waals surface area contributed by atoms with Gasteiger partial charge in [-0.15, -0.1) is 0 Å². The Morgan fingerprint density at radius 1 is 1.56 bits per heavy atom. The normalized spacial score (nSPS) is 18.4. The number of rotatable bonds is 2.